The second kappa shape index (κ2) is 9.78. The number of carbonyl (C=O) groups is 1. The maximum absolute atomic E-state index is 13.1. The molecule has 0 fully saturated rings. The van der Waals surface area contributed by atoms with E-state index in [1.165, 1.54) is 4.57 Å². The van der Waals surface area contributed by atoms with Crippen LogP contribution in [0.15, 0.2) is 65.6 Å². The van der Waals surface area contributed by atoms with Crippen LogP contribution in [0.5, 0.6) is 11.5 Å². The molecule has 0 unspecified atom stereocenters. The Hall–Kier alpha value is -3.54. The standard InChI is InChI=1S/C24H26N2O4/c1-4-5-16-30-19-12-10-18(11-13-19)25-23(27)22-17(2)14-15-26(24(22)28)20-8-6-7-9-21(20)29-3/h6-15H,4-5,16H2,1-3H3,(H,25,27). The van der Waals surface area contributed by atoms with Crippen LogP contribution in [0.25, 0.3) is 5.69 Å². The van der Waals surface area contributed by atoms with Gasteiger partial charge in [0.05, 0.1) is 19.4 Å². The first kappa shape index (κ1) is 21.2. The molecule has 0 aliphatic carbocycles. The monoisotopic (exact) mass is 406 g/mol. The number of methoxy groups -OCH3 is 1. The number of nitrogens with zero attached hydrogens (tertiary/aromatic N) is 1. The fraction of sp³-hybridized carbons (Fsp3) is 0.250. The molecule has 6 heteroatoms. The number of aryl methyl sites for hydroxylation is 1. The first-order valence-corrected chi connectivity index (χ1v) is 9.95. The first-order chi connectivity index (χ1) is 14.5. The third-order valence-electron chi connectivity index (χ3n) is 4.75. The molecule has 30 heavy (non-hydrogen) atoms. The van der Waals surface area contributed by atoms with Gasteiger partial charge in [-0.25, -0.2) is 0 Å². The van der Waals surface area contributed by atoms with Gasteiger partial charge in [0.1, 0.15) is 17.1 Å². The highest BCUT2D eigenvalue weighted by Crippen LogP contribution is 2.21. The Morgan fingerprint density at radius 2 is 1.80 bits per heavy atom. The zero-order valence-corrected chi connectivity index (χ0v) is 17.5. The molecule has 0 spiro atoms. The van der Waals surface area contributed by atoms with Crippen LogP contribution in [-0.4, -0.2) is 24.2 Å². The fourth-order valence-electron chi connectivity index (χ4n) is 3.08. The quantitative estimate of drug-likeness (QED) is 0.556. The van der Waals surface area contributed by atoms with Crippen LogP contribution < -0.4 is 20.3 Å². The Morgan fingerprint density at radius 1 is 1.07 bits per heavy atom. The molecule has 0 saturated carbocycles. The minimum absolute atomic E-state index is 0.0895. The SMILES string of the molecule is CCCCOc1ccc(NC(=O)c2c(C)ccn(-c3ccccc3OC)c2=O)cc1. The van der Waals surface area contributed by atoms with Gasteiger partial charge in [0.15, 0.2) is 0 Å². The number of unbranched alkanes of at least 4 members (excludes halogenated alkanes) is 1. The minimum Gasteiger partial charge on any atom is -0.495 e. The topological polar surface area (TPSA) is 69.6 Å². The molecular weight excluding hydrogens is 380 g/mol. The van der Waals surface area contributed by atoms with Crippen LogP contribution in [0.3, 0.4) is 0 Å². The van der Waals surface area contributed by atoms with Gasteiger partial charge in [0, 0.05) is 11.9 Å². The molecule has 0 saturated heterocycles. The summed E-state index contributed by atoms with van der Waals surface area (Å²) in [6.07, 6.45) is 3.70. The number of carbonyl (C=O) groups excluding carboxylic acids is 1. The average molecular weight is 406 g/mol. The zero-order valence-electron chi connectivity index (χ0n) is 17.5. The number of para-hydroxylation sites is 2. The van der Waals surface area contributed by atoms with E-state index in [2.05, 4.69) is 12.2 Å². The van der Waals surface area contributed by atoms with Gasteiger partial charge >= 0.3 is 0 Å². The number of aromatic nitrogens is 1. The molecule has 0 bridgehead atoms. The van der Waals surface area contributed by atoms with Crippen molar-refractivity contribution < 1.29 is 14.3 Å². The molecule has 6 nitrogen and oxygen atoms in total. The fourth-order valence-corrected chi connectivity index (χ4v) is 3.08. The van der Waals surface area contributed by atoms with Crippen LogP contribution >= 0.6 is 0 Å². The Bertz CT molecular complexity index is 1070. The summed E-state index contributed by atoms with van der Waals surface area (Å²) in [5.74, 6) is 0.839. The van der Waals surface area contributed by atoms with Gasteiger partial charge in [-0.2, -0.15) is 0 Å². The van der Waals surface area contributed by atoms with Gasteiger partial charge in [-0.1, -0.05) is 25.5 Å². The molecule has 156 valence electrons. The second-order valence-electron chi connectivity index (χ2n) is 6.90. The highest BCUT2D eigenvalue weighted by Gasteiger charge is 2.18. The predicted molar refractivity (Wildman–Crippen MR) is 118 cm³/mol. The lowest BCUT2D eigenvalue weighted by atomic mass is 10.1. The van der Waals surface area contributed by atoms with E-state index in [-0.39, 0.29) is 5.56 Å². The van der Waals surface area contributed by atoms with E-state index in [1.807, 2.05) is 12.1 Å². The summed E-state index contributed by atoms with van der Waals surface area (Å²) in [4.78, 5) is 26.0. The Balaban J connectivity index is 1.85. The molecule has 3 aromatic rings. The van der Waals surface area contributed by atoms with E-state index in [1.54, 1.807) is 62.7 Å². The summed E-state index contributed by atoms with van der Waals surface area (Å²) in [5.41, 5.74) is 1.45. The van der Waals surface area contributed by atoms with Crippen molar-refractivity contribution in [2.45, 2.75) is 26.7 Å². The average Bonchev–Trinajstić information content (AvgIpc) is 2.75. The smallest absolute Gasteiger partial charge is 0.268 e. The Labute approximate surface area is 176 Å². The first-order valence-electron chi connectivity index (χ1n) is 9.95. The highest BCUT2D eigenvalue weighted by molar-refractivity contribution is 6.05. The van der Waals surface area contributed by atoms with Crippen molar-refractivity contribution in [1.29, 1.82) is 0 Å². The molecule has 0 aliphatic heterocycles. The third-order valence-corrected chi connectivity index (χ3v) is 4.75. The van der Waals surface area contributed by atoms with E-state index >= 15 is 0 Å². The van der Waals surface area contributed by atoms with Crippen molar-refractivity contribution >= 4 is 11.6 Å². The largest absolute Gasteiger partial charge is 0.495 e. The van der Waals surface area contributed by atoms with Gasteiger partial charge in [-0.05, 0) is 61.4 Å². The summed E-state index contributed by atoms with van der Waals surface area (Å²) in [6.45, 7) is 4.51. The van der Waals surface area contributed by atoms with E-state index in [4.69, 9.17) is 9.47 Å². The molecule has 1 N–H and O–H groups in total. The summed E-state index contributed by atoms with van der Waals surface area (Å²) >= 11 is 0. The molecule has 2 aromatic carbocycles. The lowest BCUT2D eigenvalue weighted by Crippen LogP contribution is -2.29. The van der Waals surface area contributed by atoms with Gasteiger partial charge < -0.3 is 14.8 Å². The van der Waals surface area contributed by atoms with Gasteiger partial charge in [0.2, 0.25) is 0 Å². The van der Waals surface area contributed by atoms with Gasteiger partial charge in [0.25, 0.3) is 11.5 Å². The number of hydrogen-bond donors (Lipinski definition) is 1. The van der Waals surface area contributed by atoms with E-state index in [0.717, 1.165) is 18.6 Å². The van der Waals surface area contributed by atoms with E-state index in [0.29, 0.717) is 29.3 Å². The molecule has 3 rings (SSSR count). The van der Waals surface area contributed by atoms with Gasteiger partial charge in [-0.15, -0.1) is 0 Å². The highest BCUT2D eigenvalue weighted by atomic mass is 16.5. The number of rotatable bonds is 8. The number of amides is 1. The molecule has 0 atom stereocenters. The van der Waals surface area contributed by atoms with Crippen molar-refractivity contribution in [2.75, 3.05) is 19.0 Å². The van der Waals surface area contributed by atoms with Crippen LogP contribution in [0.1, 0.15) is 35.7 Å². The number of nitrogens with one attached hydrogen (secondary N) is 1. The van der Waals surface area contributed by atoms with Crippen molar-refractivity contribution in [2.24, 2.45) is 0 Å². The van der Waals surface area contributed by atoms with Crippen LogP contribution in [-0.2, 0) is 0 Å². The molecule has 0 radical (unpaired) electrons. The van der Waals surface area contributed by atoms with Crippen LogP contribution in [0.4, 0.5) is 5.69 Å². The Kier molecular flexibility index (Phi) is 6.91. The van der Waals surface area contributed by atoms with Crippen LogP contribution in [0, 0.1) is 6.92 Å². The van der Waals surface area contributed by atoms with Crippen molar-refractivity contribution in [3.05, 3.63) is 82.3 Å². The van der Waals surface area contributed by atoms with Crippen LogP contribution in [0.2, 0.25) is 0 Å². The molecule has 0 aliphatic rings. The predicted octanol–water partition coefficient (Wildman–Crippen LogP) is 4.59. The molecule has 1 aromatic heterocycles. The van der Waals surface area contributed by atoms with Crippen molar-refractivity contribution in [3.63, 3.8) is 0 Å². The van der Waals surface area contributed by atoms with Gasteiger partial charge in [-0.3, -0.25) is 14.2 Å². The normalized spacial score (nSPS) is 10.5. The lowest BCUT2D eigenvalue weighted by molar-refractivity contribution is 0.102. The number of anilines is 1. The minimum atomic E-state index is -0.457. The number of benzene rings is 2. The summed E-state index contributed by atoms with van der Waals surface area (Å²) in [6, 6.07) is 16.0. The summed E-state index contributed by atoms with van der Waals surface area (Å²) < 4.78 is 12.4. The lowest BCUT2D eigenvalue weighted by Gasteiger charge is -2.14. The maximum Gasteiger partial charge on any atom is 0.268 e. The zero-order chi connectivity index (χ0) is 21.5. The number of ether oxygens (including phenoxy) is 2. The number of pyridine rings is 1. The summed E-state index contributed by atoms with van der Waals surface area (Å²) in [7, 11) is 1.54. The second-order valence-corrected chi connectivity index (χ2v) is 6.90. The summed E-state index contributed by atoms with van der Waals surface area (Å²) in [5, 5.41) is 2.80. The number of hydrogen-bond acceptors (Lipinski definition) is 4. The van der Waals surface area contributed by atoms with E-state index < -0.39 is 11.5 Å². The van der Waals surface area contributed by atoms with E-state index in [9.17, 15) is 9.59 Å². The molecule has 1 heterocycles. The van der Waals surface area contributed by atoms with Crippen molar-refractivity contribution in [3.8, 4) is 17.2 Å². The maximum atomic E-state index is 13.1. The third kappa shape index (κ3) is 4.71. The Morgan fingerprint density at radius 3 is 2.50 bits per heavy atom. The molecular formula is C24H26N2O4. The molecule has 1 amide bonds. The van der Waals surface area contributed by atoms with Crippen molar-refractivity contribution in [1.82, 2.24) is 4.57 Å².